The average molecular weight is 236 g/mol. The smallest absolute Gasteiger partial charge is 0.340 e. The van der Waals surface area contributed by atoms with Crippen LogP contribution in [0.5, 0.6) is 0 Å². The van der Waals surface area contributed by atoms with Gasteiger partial charge in [-0.15, -0.1) is 0 Å². The van der Waals surface area contributed by atoms with Crippen LogP contribution in [0.15, 0.2) is 18.2 Å². The van der Waals surface area contributed by atoms with Crippen molar-refractivity contribution in [1.82, 2.24) is 0 Å². The van der Waals surface area contributed by atoms with Crippen molar-refractivity contribution in [2.75, 3.05) is 12.3 Å². The third-order valence-electron chi connectivity index (χ3n) is 2.24. The van der Waals surface area contributed by atoms with Gasteiger partial charge in [-0.05, 0) is 26.0 Å². The summed E-state index contributed by atoms with van der Waals surface area (Å²) in [6, 6.07) is 3.85. The lowest BCUT2D eigenvalue weighted by molar-refractivity contribution is 0.0527. The maximum absolute atomic E-state index is 11.6. The van der Waals surface area contributed by atoms with E-state index in [2.05, 4.69) is 0 Å². The molecule has 92 valence electrons. The Kier molecular flexibility index (Phi) is 4.23. The summed E-state index contributed by atoms with van der Waals surface area (Å²) in [5, 5.41) is 0. The second-order valence-electron chi connectivity index (χ2n) is 3.68. The molecule has 17 heavy (non-hydrogen) atoms. The van der Waals surface area contributed by atoms with Crippen LogP contribution >= 0.6 is 0 Å². The van der Waals surface area contributed by atoms with E-state index in [1.165, 1.54) is 18.2 Å². The summed E-state index contributed by atoms with van der Waals surface area (Å²) in [5.74, 6) is -0.711. The fraction of sp³-hybridized carbons (Fsp3) is 0.333. The third kappa shape index (κ3) is 3.04. The lowest BCUT2D eigenvalue weighted by atomic mass is 10.0. The van der Waals surface area contributed by atoms with Crippen molar-refractivity contribution in [3.05, 3.63) is 29.3 Å². The van der Waals surface area contributed by atoms with E-state index in [-0.39, 0.29) is 23.6 Å². The summed E-state index contributed by atoms with van der Waals surface area (Å²) in [6.45, 7) is 3.58. The predicted molar refractivity (Wildman–Crippen MR) is 64.8 cm³/mol. The van der Waals surface area contributed by atoms with Crippen molar-refractivity contribution in [3.8, 4) is 0 Å². The summed E-state index contributed by atoms with van der Waals surface area (Å²) in [4.78, 5) is 23.1. The molecule has 0 radical (unpaired) electrons. The minimum atomic E-state index is -0.595. The van der Waals surface area contributed by atoms with Crippen molar-refractivity contribution in [2.45, 2.75) is 19.9 Å². The maximum Gasteiger partial charge on any atom is 0.340 e. The number of rotatable bonds is 4. The van der Waals surface area contributed by atoms with E-state index in [0.717, 1.165) is 0 Å². The minimum Gasteiger partial charge on any atom is -0.462 e. The first kappa shape index (κ1) is 13.2. The van der Waals surface area contributed by atoms with Crippen molar-refractivity contribution in [2.24, 2.45) is 5.73 Å². The molecule has 1 rings (SSSR count). The van der Waals surface area contributed by atoms with E-state index in [9.17, 15) is 9.59 Å². The summed E-state index contributed by atoms with van der Waals surface area (Å²) in [7, 11) is 0. The average Bonchev–Trinajstić information content (AvgIpc) is 2.27. The van der Waals surface area contributed by atoms with Gasteiger partial charge in [-0.2, -0.15) is 0 Å². The van der Waals surface area contributed by atoms with Gasteiger partial charge in [0.05, 0.1) is 18.2 Å². The van der Waals surface area contributed by atoms with E-state index >= 15 is 0 Å². The molecule has 1 atom stereocenters. The van der Waals surface area contributed by atoms with Gasteiger partial charge in [0, 0.05) is 11.3 Å². The van der Waals surface area contributed by atoms with E-state index in [0.29, 0.717) is 5.56 Å². The highest BCUT2D eigenvalue weighted by molar-refractivity contribution is 6.03. The first-order valence-corrected chi connectivity index (χ1v) is 5.33. The molecule has 1 aromatic rings. The zero-order valence-corrected chi connectivity index (χ0v) is 9.90. The molecular formula is C12H16N2O3. The van der Waals surface area contributed by atoms with Gasteiger partial charge in [0.25, 0.3) is 0 Å². The number of hydrogen-bond donors (Lipinski definition) is 2. The lowest BCUT2D eigenvalue weighted by Crippen LogP contribution is -2.26. The van der Waals surface area contributed by atoms with E-state index in [4.69, 9.17) is 16.2 Å². The quantitative estimate of drug-likeness (QED) is 0.461. The van der Waals surface area contributed by atoms with Crippen LogP contribution in [0.2, 0.25) is 0 Å². The monoisotopic (exact) mass is 236 g/mol. The highest BCUT2D eigenvalue weighted by atomic mass is 16.5. The summed E-state index contributed by atoms with van der Waals surface area (Å²) < 4.78 is 4.83. The lowest BCUT2D eigenvalue weighted by Gasteiger charge is -2.08. The van der Waals surface area contributed by atoms with Gasteiger partial charge in [-0.25, -0.2) is 4.79 Å². The zero-order valence-electron chi connectivity index (χ0n) is 9.90. The van der Waals surface area contributed by atoms with Crippen LogP contribution in [-0.4, -0.2) is 24.4 Å². The Morgan fingerprint density at radius 2 is 2.06 bits per heavy atom. The SMILES string of the molecule is CCOC(=O)c1ccc(C(=O)[C@@H](C)N)cc1N. The molecule has 5 nitrogen and oxygen atoms in total. The standard InChI is InChI=1S/C12H16N2O3/c1-3-17-12(16)9-5-4-8(6-10(9)14)11(15)7(2)13/h4-7H,3,13-14H2,1-2H3/t7-/m1/s1. The molecule has 0 saturated carbocycles. The molecule has 0 aromatic heterocycles. The molecule has 4 N–H and O–H groups in total. The highest BCUT2D eigenvalue weighted by Crippen LogP contribution is 2.16. The number of esters is 1. The molecule has 0 spiro atoms. The third-order valence-corrected chi connectivity index (χ3v) is 2.24. The molecule has 5 heteroatoms. The van der Waals surface area contributed by atoms with E-state index < -0.39 is 12.0 Å². The molecule has 0 bridgehead atoms. The Morgan fingerprint density at radius 3 is 2.53 bits per heavy atom. The summed E-state index contributed by atoms with van der Waals surface area (Å²) in [5.41, 5.74) is 12.0. The summed E-state index contributed by atoms with van der Waals surface area (Å²) in [6.07, 6.45) is 0. The van der Waals surface area contributed by atoms with Gasteiger partial charge >= 0.3 is 5.97 Å². The van der Waals surface area contributed by atoms with Crippen LogP contribution < -0.4 is 11.5 Å². The van der Waals surface area contributed by atoms with Crippen LogP contribution in [0.1, 0.15) is 34.6 Å². The molecule has 0 fully saturated rings. The first-order chi connectivity index (χ1) is 7.97. The number of carbonyl (C=O) groups excluding carboxylic acids is 2. The molecule has 0 aliphatic heterocycles. The number of Topliss-reactive ketones (excluding diaryl/α,β-unsaturated/α-hetero) is 1. The van der Waals surface area contributed by atoms with Gasteiger partial charge < -0.3 is 16.2 Å². The number of nitrogens with two attached hydrogens (primary N) is 2. The van der Waals surface area contributed by atoms with Crippen LogP contribution in [0.3, 0.4) is 0 Å². The molecular weight excluding hydrogens is 220 g/mol. The van der Waals surface area contributed by atoms with Crippen LogP contribution in [0.4, 0.5) is 5.69 Å². The number of ketones is 1. The topological polar surface area (TPSA) is 95.4 Å². The Balaban J connectivity index is 3.02. The molecule has 0 unspecified atom stereocenters. The zero-order chi connectivity index (χ0) is 13.0. The fourth-order valence-electron chi connectivity index (χ4n) is 1.37. The van der Waals surface area contributed by atoms with Gasteiger partial charge in [-0.1, -0.05) is 6.07 Å². The number of benzene rings is 1. The second kappa shape index (κ2) is 5.45. The number of carbonyl (C=O) groups is 2. The molecule has 0 saturated heterocycles. The number of hydrogen-bond acceptors (Lipinski definition) is 5. The Morgan fingerprint density at radius 1 is 1.41 bits per heavy atom. The normalized spacial score (nSPS) is 11.9. The Hall–Kier alpha value is -1.88. The fourth-order valence-corrected chi connectivity index (χ4v) is 1.37. The van der Waals surface area contributed by atoms with Crippen molar-refractivity contribution >= 4 is 17.4 Å². The predicted octanol–water partition coefficient (Wildman–Crippen LogP) is 0.975. The van der Waals surface area contributed by atoms with Gasteiger partial charge in [0.15, 0.2) is 5.78 Å². The molecule has 0 heterocycles. The Labute approximate surface area is 99.7 Å². The molecule has 0 aliphatic rings. The summed E-state index contributed by atoms with van der Waals surface area (Å²) >= 11 is 0. The van der Waals surface area contributed by atoms with Gasteiger partial charge in [0.2, 0.25) is 0 Å². The van der Waals surface area contributed by atoms with E-state index in [1.807, 2.05) is 0 Å². The minimum absolute atomic E-state index is 0.216. The molecule has 0 amide bonds. The van der Waals surface area contributed by atoms with Gasteiger partial charge in [-0.3, -0.25) is 4.79 Å². The van der Waals surface area contributed by atoms with Crippen LogP contribution in [0.25, 0.3) is 0 Å². The highest BCUT2D eigenvalue weighted by Gasteiger charge is 2.15. The number of nitrogen functional groups attached to an aromatic ring is 1. The molecule has 0 aliphatic carbocycles. The van der Waals surface area contributed by atoms with Crippen molar-refractivity contribution in [1.29, 1.82) is 0 Å². The van der Waals surface area contributed by atoms with Crippen LogP contribution in [-0.2, 0) is 4.74 Å². The molecule has 1 aromatic carbocycles. The van der Waals surface area contributed by atoms with Crippen molar-refractivity contribution in [3.63, 3.8) is 0 Å². The maximum atomic E-state index is 11.6. The largest absolute Gasteiger partial charge is 0.462 e. The first-order valence-electron chi connectivity index (χ1n) is 5.33. The Bertz CT molecular complexity index is 441. The van der Waals surface area contributed by atoms with E-state index in [1.54, 1.807) is 13.8 Å². The number of anilines is 1. The second-order valence-corrected chi connectivity index (χ2v) is 3.68. The van der Waals surface area contributed by atoms with Crippen LogP contribution in [0, 0.1) is 0 Å². The van der Waals surface area contributed by atoms with Gasteiger partial charge in [0.1, 0.15) is 0 Å². The van der Waals surface area contributed by atoms with Crippen molar-refractivity contribution < 1.29 is 14.3 Å². The number of ether oxygens (including phenoxy) is 1.